The average Bonchev–Trinajstić information content (AvgIpc) is 2.94. The van der Waals surface area contributed by atoms with Gasteiger partial charge in [0.1, 0.15) is 11.9 Å². The van der Waals surface area contributed by atoms with Gasteiger partial charge in [0.25, 0.3) is 0 Å². The molecule has 1 unspecified atom stereocenters. The van der Waals surface area contributed by atoms with Crippen molar-refractivity contribution in [1.29, 1.82) is 0 Å². The maximum atomic E-state index is 11.4. The number of para-hydroxylation sites is 1. The van der Waals surface area contributed by atoms with Crippen molar-refractivity contribution >= 4 is 11.7 Å². The molecule has 0 aromatic heterocycles. The third kappa shape index (κ3) is 4.26. The first-order chi connectivity index (χ1) is 9.79. The van der Waals surface area contributed by atoms with E-state index in [0.29, 0.717) is 25.3 Å². The number of rotatable bonds is 7. The van der Waals surface area contributed by atoms with Crippen molar-refractivity contribution in [1.82, 2.24) is 0 Å². The van der Waals surface area contributed by atoms with Crippen molar-refractivity contribution in [2.24, 2.45) is 5.16 Å². The second kappa shape index (κ2) is 7.53. The second-order valence-electron chi connectivity index (χ2n) is 4.49. The van der Waals surface area contributed by atoms with Crippen LogP contribution in [-0.4, -0.2) is 31.0 Å². The minimum atomic E-state index is -0.379. The molecule has 5 nitrogen and oxygen atoms in total. The monoisotopic (exact) mass is 277 g/mol. The normalized spacial score (nSPS) is 17.2. The summed E-state index contributed by atoms with van der Waals surface area (Å²) in [4.78, 5) is 16.7. The molecular formula is C15H19NO4. The van der Waals surface area contributed by atoms with Crippen LogP contribution in [-0.2, 0) is 14.4 Å². The Morgan fingerprint density at radius 1 is 1.40 bits per heavy atom. The summed E-state index contributed by atoms with van der Waals surface area (Å²) in [6.07, 6.45) is 2.13. The van der Waals surface area contributed by atoms with Crippen LogP contribution in [0.1, 0.15) is 26.2 Å². The van der Waals surface area contributed by atoms with Gasteiger partial charge in [-0.25, -0.2) is 4.79 Å². The van der Waals surface area contributed by atoms with Crippen LogP contribution in [0.3, 0.4) is 0 Å². The Hall–Kier alpha value is -2.04. The number of hydrogen-bond acceptors (Lipinski definition) is 5. The van der Waals surface area contributed by atoms with Crippen LogP contribution in [0.15, 0.2) is 35.5 Å². The number of oxime groups is 1. The topological polar surface area (TPSA) is 57.1 Å². The van der Waals surface area contributed by atoms with Crippen LogP contribution in [0.5, 0.6) is 5.75 Å². The molecule has 1 aromatic rings. The lowest BCUT2D eigenvalue weighted by atomic mass is 10.1. The van der Waals surface area contributed by atoms with E-state index in [9.17, 15) is 4.79 Å². The SMILES string of the molecule is CCOC(=O)C1=NOC(CCCOc2ccccc2)C1. The molecule has 5 heteroatoms. The largest absolute Gasteiger partial charge is 0.494 e. The van der Waals surface area contributed by atoms with Gasteiger partial charge in [0.15, 0.2) is 5.71 Å². The van der Waals surface area contributed by atoms with Crippen LogP contribution in [0.2, 0.25) is 0 Å². The molecule has 1 heterocycles. The van der Waals surface area contributed by atoms with Gasteiger partial charge in [0, 0.05) is 6.42 Å². The molecule has 0 aliphatic carbocycles. The molecule has 0 saturated carbocycles. The highest BCUT2D eigenvalue weighted by atomic mass is 16.6. The van der Waals surface area contributed by atoms with E-state index >= 15 is 0 Å². The fourth-order valence-electron chi connectivity index (χ4n) is 1.94. The summed E-state index contributed by atoms with van der Waals surface area (Å²) in [5, 5.41) is 3.77. The highest BCUT2D eigenvalue weighted by Crippen LogP contribution is 2.17. The number of carbonyl (C=O) groups is 1. The molecule has 0 saturated heterocycles. The Labute approximate surface area is 118 Å². The first-order valence-electron chi connectivity index (χ1n) is 6.87. The molecule has 108 valence electrons. The van der Waals surface area contributed by atoms with Gasteiger partial charge < -0.3 is 14.3 Å². The van der Waals surface area contributed by atoms with Gasteiger partial charge in [-0.2, -0.15) is 0 Å². The predicted molar refractivity (Wildman–Crippen MR) is 74.7 cm³/mol. The standard InChI is InChI=1S/C15H19NO4/c1-2-18-15(17)14-11-13(20-16-14)9-6-10-19-12-7-4-3-5-8-12/h3-5,7-8,13H,2,6,9-11H2,1H3. The molecule has 0 radical (unpaired) electrons. The first kappa shape index (κ1) is 14.4. The minimum absolute atomic E-state index is 0.0474. The Morgan fingerprint density at radius 3 is 2.95 bits per heavy atom. The number of carbonyl (C=O) groups excluding carboxylic acids is 1. The highest BCUT2D eigenvalue weighted by molar-refractivity contribution is 6.36. The third-order valence-corrected chi connectivity index (χ3v) is 2.93. The van der Waals surface area contributed by atoms with Gasteiger partial charge in [-0.3, -0.25) is 0 Å². The van der Waals surface area contributed by atoms with Crippen LogP contribution in [0.25, 0.3) is 0 Å². The van der Waals surface area contributed by atoms with Gasteiger partial charge in [-0.15, -0.1) is 0 Å². The Balaban J connectivity index is 1.61. The average molecular weight is 277 g/mol. The van der Waals surface area contributed by atoms with Gasteiger partial charge in [0.05, 0.1) is 13.2 Å². The van der Waals surface area contributed by atoms with E-state index < -0.39 is 0 Å². The number of benzene rings is 1. The first-order valence-corrected chi connectivity index (χ1v) is 6.87. The number of nitrogens with zero attached hydrogens (tertiary/aromatic N) is 1. The van der Waals surface area contributed by atoms with Gasteiger partial charge in [-0.05, 0) is 31.9 Å². The van der Waals surface area contributed by atoms with E-state index in [1.807, 2.05) is 30.3 Å². The van der Waals surface area contributed by atoms with Crippen LogP contribution in [0, 0.1) is 0 Å². The summed E-state index contributed by atoms with van der Waals surface area (Å²) in [5.41, 5.74) is 0.376. The fraction of sp³-hybridized carbons (Fsp3) is 0.467. The lowest BCUT2D eigenvalue weighted by Crippen LogP contribution is -2.18. The molecule has 0 bridgehead atoms. The van der Waals surface area contributed by atoms with Gasteiger partial charge >= 0.3 is 5.97 Å². The molecule has 0 fully saturated rings. The summed E-state index contributed by atoms with van der Waals surface area (Å²) in [6.45, 7) is 2.75. The van der Waals surface area contributed by atoms with Crippen molar-refractivity contribution in [3.05, 3.63) is 30.3 Å². The van der Waals surface area contributed by atoms with E-state index in [-0.39, 0.29) is 12.1 Å². The van der Waals surface area contributed by atoms with Gasteiger partial charge in [-0.1, -0.05) is 23.4 Å². The summed E-state index contributed by atoms with van der Waals surface area (Å²) < 4.78 is 10.5. The summed E-state index contributed by atoms with van der Waals surface area (Å²) in [7, 11) is 0. The molecule has 1 aromatic carbocycles. The van der Waals surface area contributed by atoms with Crippen molar-refractivity contribution in [2.75, 3.05) is 13.2 Å². The second-order valence-corrected chi connectivity index (χ2v) is 4.49. The highest BCUT2D eigenvalue weighted by Gasteiger charge is 2.26. The fourth-order valence-corrected chi connectivity index (χ4v) is 1.94. The Bertz CT molecular complexity index is 458. The van der Waals surface area contributed by atoms with Crippen molar-refractivity contribution < 1.29 is 19.1 Å². The zero-order valence-corrected chi connectivity index (χ0v) is 11.6. The lowest BCUT2D eigenvalue weighted by molar-refractivity contribution is -0.135. The number of esters is 1. The van der Waals surface area contributed by atoms with Crippen LogP contribution >= 0.6 is 0 Å². The molecule has 0 amide bonds. The van der Waals surface area contributed by atoms with E-state index in [0.717, 1.165) is 18.6 Å². The zero-order chi connectivity index (χ0) is 14.2. The van der Waals surface area contributed by atoms with Crippen molar-refractivity contribution in [3.63, 3.8) is 0 Å². The third-order valence-electron chi connectivity index (χ3n) is 2.93. The molecule has 1 atom stereocenters. The Morgan fingerprint density at radius 2 is 2.20 bits per heavy atom. The van der Waals surface area contributed by atoms with E-state index in [1.165, 1.54) is 0 Å². The molecule has 2 rings (SSSR count). The lowest BCUT2D eigenvalue weighted by Gasteiger charge is -2.09. The smallest absolute Gasteiger partial charge is 0.356 e. The molecule has 1 aliphatic heterocycles. The molecule has 1 aliphatic rings. The maximum absolute atomic E-state index is 11.4. The number of ether oxygens (including phenoxy) is 2. The Kier molecular flexibility index (Phi) is 5.41. The predicted octanol–water partition coefficient (Wildman–Crippen LogP) is 2.55. The molecule has 0 spiro atoms. The number of hydrogen-bond donors (Lipinski definition) is 0. The van der Waals surface area contributed by atoms with Crippen molar-refractivity contribution in [2.45, 2.75) is 32.3 Å². The molecular weight excluding hydrogens is 258 g/mol. The van der Waals surface area contributed by atoms with Crippen molar-refractivity contribution in [3.8, 4) is 5.75 Å². The van der Waals surface area contributed by atoms with E-state index in [4.69, 9.17) is 14.3 Å². The summed E-state index contributed by atoms with van der Waals surface area (Å²) in [5.74, 6) is 0.485. The zero-order valence-electron chi connectivity index (χ0n) is 11.6. The quantitative estimate of drug-likeness (QED) is 0.567. The van der Waals surface area contributed by atoms with E-state index in [1.54, 1.807) is 6.92 Å². The molecule has 0 N–H and O–H groups in total. The van der Waals surface area contributed by atoms with E-state index in [2.05, 4.69) is 5.16 Å². The summed E-state index contributed by atoms with van der Waals surface area (Å²) in [6, 6.07) is 9.68. The summed E-state index contributed by atoms with van der Waals surface area (Å²) >= 11 is 0. The van der Waals surface area contributed by atoms with Crippen LogP contribution in [0.4, 0.5) is 0 Å². The maximum Gasteiger partial charge on any atom is 0.356 e. The van der Waals surface area contributed by atoms with Crippen LogP contribution < -0.4 is 4.74 Å². The molecule has 20 heavy (non-hydrogen) atoms. The minimum Gasteiger partial charge on any atom is -0.494 e. The van der Waals surface area contributed by atoms with Gasteiger partial charge in [0.2, 0.25) is 0 Å².